The van der Waals surface area contributed by atoms with E-state index in [1.807, 2.05) is 5.38 Å². The molecule has 1 aliphatic rings. The van der Waals surface area contributed by atoms with E-state index in [0.29, 0.717) is 12.5 Å². The third-order valence-corrected chi connectivity index (χ3v) is 5.92. The predicted molar refractivity (Wildman–Crippen MR) is 100 cm³/mol. The van der Waals surface area contributed by atoms with E-state index in [0.717, 1.165) is 35.0 Å². The molecule has 0 atom stereocenters. The molecule has 3 rings (SSSR count). The highest BCUT2D eigenvalue weighted by atomic mass is 32.1. The molecule has 4 heteroatoms. The van der Waals surface area contributed by atoms with Crippen LogP contribution in [0.1, 0.15) is 50.3 Å². The van der Waals surface area contributed by atoms with Gasteiger partial charge in [-0.1, -0.05) is 43.2 Å². The molecule has 0 saturated heterocycles. The van der Waals surface area contributed by atoms with Gasteiger partial charge in [-0.15, -0.1) is 11.3 Å². The number of aromatic nitrogens is 1. The Morgan fingerprint density at radius 3 is 2.58 bits per heavy atom. The minimum atomic E-state index is 0.107. The first-order valence-corrected chi connectivity index (χ1v) is 9.82. The van der Waals surface area contributed by atoms with Crippen molar-refractivity contribution in [3.05, 3.63) is 40.9 Å². The molecule has 1 saturated carbocycles. The van der Waals surface area contributed by atoms with Gasteiger partial charge in [-0.25, -0.2) is 4.98 Å². The molecule has 0 spiro atoms. The van der Waals surface area contributed by atoms with Gasteiger partial charge in [0.25, 0.3) is 0 Å². The lowest BCUT2D eigenvalue weighted by molar-refractivity contribution is -0.121. The van der Waals surface area contributed by atoms with Crippen LogP contribution in [0, 0.1) is 12.8 Å². The molecular formula is C20H26N2OS. The Hall–Kier alpha value is -1.68. The standard InChI is InChI=1S/C20H26N2OS/c1-3-15-6-10-17(11-7-15)21-19(23)12-18-13-24-20(22-18)16-8-4-14(2)5-9-16/h4-5,8-9,13,15,17H,3,6-7,10-12H2,1-2H3,(H,21,23). The average molecular weight is 343 g/mol. The van der Waals surface area contributed by atoms with E-state index in [9.17, 15) is 4.79 Å². The number of nitrogens with zero attached hydrogens (tertiary/aromatic N) is 1. The Morgan fingerprint density at radius 2 is 1.92 bits per heavy atom. The summed E-state index contributed by atoms with van der Waals surface area (Å²) in [5.41, 5.74) is 3.23. The number of rotatable bonds is 5. The normalized spacial score (nSPS) is 20.8. The number of nitrogens with one attached hydrogen (secondary N) is 1. The van der Waals surface area contributed by atoms with Crippen LogP contribution >= 0.6 is 11.3 Å². The Balaban J connectivity index is 1.53. The van der Waals surface area contributed by atoms with Crippen molar-refractivity contribution >= 4 is 17.2 Å². The molecule has 1 aromatic carbocycles. The number of aryl methyl sites for hydroxylation is 1. The summed E-state index contributed by atoms with van der Waals surface area (Å²) in [6, 6.07) is 8.72. The highest BCUT2D eigenvalue weighted by Gasteiger charge is 2.21. The van der Waals surface area contributed by atoms with Crippen LogP contribution in [0.25, 0.3) is 10.6 Å². The lowest BCUT2D eigenvalue weighted by atomic mass is 9.84. The second-order valence-corrected chi connectivity index (χ2v) is 7.74. The Labute approximate surface area is 148 Å². The molecular weight excluding hydrogens is 316 g/mol. The second kappa shape index (κ2) is 7.93. The molecule has 24 heavy (non-hydrogen) atoms. The summed E-state index contributed by atoms with van der Waals surface area (Å²) in [6.07, 6.45) is 6.38. The molecule has 1 heterocycles. The molecule has 1 N–H and O–H groups in total. The third kappa shape index (κ3) is 4.44. The Kier molecular flexibility index (Phi) is 5.67. The number of thiazole rings is 1. The molecule has 1 fully saturated rings. The maximum absolute atomic E-state index is 12.3. The number of carbonyl (C=O) groups excluding carboxylic acids is 1. The molecule has 1 amide bonds. The van der Waals surface area contributed by atoms with Crippen molar-refractivity contribution in [1.29, 1.82) is 0 Å². The van der Waals surface area contributed by atoms with Crippen molar-refractivity contribution in [3.63, 3.8) is 0 Å². The van der Waals surface area contributed by atoms with Crippen LogP contribution in [0.3, 0.4) is 0 Å². The van der Waals surface area contributed by atoms with Crippen LogP contribution in [0.5, 0.6) is 0 Å². The van der Waals surface area contributed by atoms with E-state index in [2.05, 4.69) is 48.4 Å². The Bertz CT molecular complexity index is 669. The molecule has 3 nitrogen and oxygen atoms in total. The zero-order chi connectivity index (χ0) is 16.9. The highest BCUT2D eigenvalue weighted by molar-refractivity contribution is 7.13. The first-order valence-electron chi connectivity index (χ1n) is 8.95. The average Bonchev–Trinajstić information content (AvgIpc) is 3.04. The first kappa shape index (κ1) is 17.2. The number of amides is 1. The van der Waals surface area contributed by atoms with Crippen LogP contribution in [-0.2, 0) is 11.2 Å². The number of benzene rings is 1. The maximum Gasteiger partial charge on any atom is 0.226 e. The minimum Gasteiger partial charge on any atom is -0.353 e. The highest BCUT2D eigenvalue weighted by Crippen LogP contribution is 2.27. The third-order valence-electron chi connectivity index (χ3n) is 4.98. The van der Waals surface area contributed by atoms with Crippen LogP contribution in [0.4, 0.5) is 0 Å². The monoisotopic (exact) mass is 342 g/mol. The fraction of sp³-hybridized carbons (Fsp3) is 0.500. The maximum atomic E-state index is 12.3. The summed E-state index contributed by atoms with van der Waals surface area (Å²) in [6.45, 7) is 4.34. The van der Waals surface area contributed by atoms with Crippen molar-refractivity contribution in [3.8, 4) is 10.6 Å². The van der Waals surface area contributed by atoms with E-state index in [1.54, 1.807) is 11.3 Å². The molecule has 0 bridgehead atoms. The summed E-state index contributed by atoms with van der Waals surface area (Å²) in [5.74, 6) is 0.962. The predicted octanol–water partition coefficient (Wildman–Crippen LogP) is 4.75. The lowest BCUT2D eigenvalue weighted by Crippen LogP contribution is -2.38. The van der Waals surface area contributed by atoms with Crippen LogP contribution in [-0.4, -0.2) is 16.9 Å². The summed E-state index contributed by atoms with van der Waals surface area (Å²) < 4.78 is 0. The van der Waals surface area contributed by atoms with Crippen LogP contribution < -0.4 is 5.32 Å². The molecule has 128 valence electrons. The first-order chi connectivity index (χ1) is 11.6. The van der Waals surface area contributed by atoms with Gasteiger partial charge >= 0.3 is 0 Å². The van der Waals surface area contributed by atoms with E-state index >= 15 is 0 Å². The SMILES string of the molecule is CCC1CCC(NC(=O)Cc2csc(-c3ccc(C)cc3)n2)CC1. The molecule has 2 aromatic rings. The van der Waals surface area contributed by atoms with E-state index in [4.69, 9.17) is 0 Å². The van der Waals surface area contributed by atoms with Crippen molar-refractivity contribution in [2.24, 2.45) is 5.92 Å². The smallest absolute Gasteiger partial charge is 0.226 e. The van der Waals surface area contributed by atoms with E-state index < -0.39 is 0 Å². The van der Waals surface area contributed by atoms with Crippen LogP contribution in [0.2, 0.25) is 0 Å². The van der Waals surface area contributed by atoms with Gasteiger partial charge in [-0.2, -0.15) is 0 Å². The van der Waals surface area contributed by atoms with Gasteiger partial charge in [-0.05, 0) is 38.5 Å². The zero-order valence-corrected chi connectivity index (χ0v) is 15.4. The van der Waals surface area contributed by atoms with Crippen molar-refractivity contribution in [2.75, 3.05) is 0 Å². The topological polar surface area (TPSA) is 42.0 Å². The van der Waals surface area contributed by atoms with Crippen molar-refractivity contribution in [2.45, 2.75) is 58.4 Å². The zero-order valence-electron chi connectivity index (χ0n) is 14.5. The number of hydrogen-bond acceptors (Lipinski definition) is 3. The number of hydrogen-bond donors (Lipinski definition) is 1. The molecule has 1 aromatic heterocycles. The van der Waals surface area contributed by atoms with Gasteiger partial charge in [0.1, 0.15) is 5.01 Å². The quantitative estimate of drug-likeness (QED) is 0.852. The molecule has 0 aliphatic heterocycles. The van der Waals surface area contributed by atoms with E-state index in [-0.39, 0.29) is 5.91 Å². The summed E-state index contributed by atoms with van der Waals surface area (Å²) in [4.78, 5) is 16.9. The largest absolute Gasteiger partial charge is 0.353 e. The summed E-state index contributed by atoms with van der Waals surface area (Å²) in [7, 11) is 0. The van der Waals surface area contributed by atoms with Gasteiger partial charge in [0.15, 0.2) is 0 Å². The fourth-order valence-electron chi connectivity index (χ4n) is 3.38. The minimum absolute atomic E-state index is 0.107. The van der Waals surface area contributed by atoms with Crippen molar-refractivity contribution < 1.29 is 4.79 Å². The lowest BCUT2D eigenvalue weighted by Gasteiger charge is -2.28. The van der Waals surface area contributed by atoms with Gasteiger partial charge in [-0.3, -0.25) is 4.79 Å². The van der Waals surface area contributed by atoms with Crippen LogP contribution in [0.15, 0.2) is 29.6 Å². The van der Waals surface area contributed by atoms with Gasteiger partial charge in [0.2, 0.25) is 5.91 Å². The van der Waals surface area contributed by atoms with Gasteiger partial charge < -0.3 is 5.32 Å². The summed E-state index contributed by atoms with van der Waals surface area (Å²) >= 11 is 1.61. The fourth-order valence-corrected chi connectivity index (χ4v) is 4.20. The van der Waals surface area contributed by atoms with E-state index in [1.165, 1.54) is 24.8 Å². The molecule has 0 radical (unpaired) electrons. The van der Waals surface area contributed by atoms with Gasteiger partial charge in [0.05, 0.1) is 12.1 Å². The molecule has 0 unspecified atom stereocenters. The van der Waals surface area contributed by atoms with Gasteiger partial charge in [0, 0.05) is 17.0 Å². The number of carbonyl (C=O) groups is 1. The Morgan fingerprint density at radius 1 is 1.21 bits per heavy atom. The molecule has 1 aliphatic carbocycles. The summed E-state index contributed by atoms with van der Waals surface area (Å²) in [5, 5.41) is 6.18. The second-order valence-electron chi connectivity index (χ2n) is 6.88. The van der Waals surface area contributed by atoms with Crippen molar-refractivity contribution in [1.82, 2.24) is 10.3 Å².